The molecular formula is C25H24N8S. The van der Waals surface area contributed by atoms with Gasteiger partial charge in [0.2, 0.25) is 0 Å². The van der Waals surface area contributed by atoms with Crippen LogP contribution in [0, 0.1) is 11.8 Å². The van der Waals surface area contributed by atoms with Crippen molar-refractivity contribution in [2.45, 2.75) is 10.1 Å². The lowest BCUT2D eigenvalue weighted by molar-refractivity contribution is 0.533. The Balaban J connectivity index is 1.37. The fraction of sp³-hybridized carbons (Fsp3) is 0.280. The van der Waals surface area contributed by atoms with E-state index in [-0.39, 0.29) is 0 Å². The second kappa shape index (κ2) is 7.82. The number of aromatic amines is 1. The van der Waals surface area contributed by atoms with Crippen LogP contribution in [-0.4, -0.2) is 58.1 Å². The van der Waals surface area contributed by atoms with Gasteiger partial charge in [-0.1, -0.05) is 12.1 Å². The van der Waals surface area contributed by atoms with E-state index in [0.717, 1.165) is 75.5 Å². The molecule has 2 unspecified atom stereocenters. The molecule has 34 heavy (non-hydrogen) atoms. The van der Waals surface area contributed by atoms with E-state index in [4.69, 9.17) is 9.97 Å². The summed E-state index contributed by atoms with van der Waals surface area (Å²) in [5.74, 6) is 2.37. The summed E-state index contributed by atoms with van der Waals surface area (Å²) in [6, 6.07) is 12.3. The summed E-state index contributed by atoms with van der Waals surface area (Å²) in [6.45, 7) is 4.22. The molecule has 8 nitrogen and oxygen atoms in total. The number of nitrogens with one attached hydrogen (secondary N) is 3. The largest absolute Gasteiger partial charge is 0.386 e. The number of anilines is 2. The number of H-pyrrole nitrogens is 1. The zero-order valence-electron chi connectivity index (χ0n) is 18.7. The highest BCUT2D eigenvalue weighted by Crippen LogP contribution is 2.40. The normalized spacial score (nSPS) is 20.0. The van der Waals surface area contributed by atoms with Gasteiger partial charge in [0.05, 0.1) is 27.6 Å². The van der Waals surface area contributed by atoms with Crippen LogP contribution in [0.3, 0.4) is 0 Å². The van der Waals surface area contributed by atoms with Crippen molar-refractivity contribution < 1.29 is 0 Å². The Labute approximate surface area is 200 Å². The molecule has 0 bridgehead atoms. The third-order valence-electron chi connectivity index (χ3n) is 7.04. The lowest BCUT2D eigenvalue weighted by atomic mass is 10.0. The molecule has 7 rings (SSSR count). The van der Waals surface area contributed by atoms with Gasteiger partial charge in [0.15, 0.2) is 5.16 Å². The Hall–Kier alpha value is -3.43. The smallest absolute Gasteiger partial charge is 0.196 e. The molecule has 2 aliphatic rings. The second-order valence-corrected chi connectivity index (χ2v) is 10.1. The van der Waals surface area contributed by atoms with Gasteiger partial charge >= 0.3 is 0 Å². The first kappa shape index (κ1) is 20.0. The van der Waals surface area contributed by atoms with E-state index in [1.165, 1.54) is 11.8 Å². The predicted octanol–water partition coefficient (Wildman–Crippen LogP) is 3.90. The minimum Gasteiger partial charge on any atom is -0.386 e. The van der Waals surface area contributed by atoms with Gasteiger partial charge in [-0.15, -0.1) is 0 Å². The van der Waals surface area contributed by atoms with Crippen LogP contribution in [0.4, 0.5) is 11.5 Å². The quantitative estimate of drug-likeness (QED) is 0.342. The molecule has 1 aromatic carbocycles. The first-order valence-corrected chi connectivity index (χ1v) is 12.4. The van der Waals surface area contributed by atoms with Crippen LogP contribution in [0.5, 0.6) is 0 Å². The number of rotatable bonds is 4. The third-order valence-corrected chi connectivity index (χ3v) is 7.86. The first-order chi connectivity index (χ1) is 16.8. The number of hydrogen-bond donors (Lipinski definition) is 3. The summed E-state index contributed by atoms with van der Waals surface area (Å²) < 4.78 is 0. The van der Waals surface area contributed by atoms with Gasteiger partial charge in [-0.2, -0.15) is 0 Å². The number of pyridine rings is 2. The van der Waals surface area contributed by atoms with Crippen molar-refractivity contribution in [1.29, 1.82) is 0 Å². The molecule has 170 valence electrons. The van der Waals surface area contributed by atoms with Crippen LogP contribution >= 0.6 is 11.8 Å². The summed E-state index contributed by atoms with van der Waals surface area (Å²) in [4.78, 5) is 26.1. The van der Waals surface area contributed by atoms with Crippen molar-refractivity contribution in [3.63, 3.8) is 0 Å². The highest BCUT2D eigenvalue weighted by Gasteiger charge is 2.37. The van der Waals surface area contributed by atoms with E-state index in [0.29, 0.717) is 17.0 Å². The van der Waals surface area contributed by atoms with E-state index < -0.39 is 0 Å². The highest BCUT2D eigenvalue weighted by molar-refractivity contribution is 7.99. The SMILES string of the molecule is CNc1cccc2c1[nH]c1nc(Sc3cnc4cccnc4c3)nc(N3CC4CNCC4C3)c12. The standard InChI is InChI=1S/C25H24N8S/c1-26-19-5-2-4-17-21-23(30-22(17)19)31-25(32-24(21)33-12-14-9-27-10-15(14)13-33)34-16-8-20-18(29-11-16)6-3-7-28-20/h2-8,11,14-15,26-27H,9-10,12-13H2,1H3,(H,30,31,32). The van der Waals surface area contributed by atoms with Crippen molar-refractivity contribution in [1.82, 2.24) is 30.2 Å². The van der Waals surface area contributed by atoms with Crippen molar-refractivity contribution in [3.05, 3.63) is 48.8 Å². The van der Waals surface area contributed by atoms with Crippen molar-refractivity contribution in [2.24, 2.45) is 11.8 Å². The topological polar surface area (TPSA) is 94.7 Å². The van der Waals surface area contributed by atoms with Gasteiger partial charge in [-0.05, 0) is 47.9 Å². The molecule has 0 spiro atoms. The molecule has 2 fully saturated rings. The summed E-state index contributed by atoms with van der Waals surface area (Å²) in [5.41, 5.74) is 4.75. The molecule has 2 atom stereocenters. The van der Waals surface area contributed by atoms with Crippen LogP contribution in [0.25, 0.3) is 33.0 Å². The van der Waals surface area contributed by atoms with Crippen LogP contribution in [-0.2, 0) is 0 Å². The van der Waals surface area contributed by atoms with Crippen molar-refractivity contribution >= 4 is 56.2 Å². The van der Waals surface area contributed by atoms with Crippen LogP contribution in [0.2, 0.25) is 0 Å². The Bertz CT molecular complexity index is 1530. The highest BCUT2D eigenvalue weighted by atomic mass is 32.2. The monoisotopic (exact) mass is 468 g/mol. The zero-order chi connectivity index (χ0) is 22.6. The molecule has 0 radical (unpaired) electrons. The number of fused-ring (bicyclic) bond motifs is 5. The number of hydrogen-bond acceptors (Lipinski definition) is 8. The number of aromatic nitrogens is 5. The lowest BCUT2D eigenvalue weighted by Gasteiger charge is -2.20. The lowest BCUT2D eigenvalue weighted by Crippen LogP contribution is -2.26. The average Bonchev–Trinajstić information content (AvgIpc) is 3.56. The molecule has 0 aliphatic carbocycles. The fourth-order valence-electron chi connectivity index (χ4n) is 5.39. The van der Waals surface area contributed by atoms with E-state index >= 15 is 0 Å². The maximum atomic E-state index is 5.13. The first-order valence-electron chi connectivity index (χ1n) is 11.6. The van der Waals surface area contributed by atoms with Gasteiger partial charge in [-0.3, -0.25) is 9.97 Å². The molecule has 2 saturated heterocycles. The maximum absolute atomic E-state index is 5.13. The number of nitrogens with zero attached hydrogens (tertiary/aromatic N) is 5. The van der Waals surface area contributed by atoms with Crippen LogP contribution < -0.4 is 15.5 Å². The van der Waals surface area contributed by atoms with Gasteiger partial charge in [-0.25, -0.2) is 9.97 Å². The minimum atomic E-state index is 0.676. The summed E-state index contributed by atoms with van der Waals surface area (Å²) in [7, 11) is 1.95. The number of para-hydroxylation sites is 1. The van der Waals surface area contributed by atoms with Gasteiger partial charge < -0.3 is 20.5 Å². The molecular weight excluding hydrogens is 444 g/mol. The maximum Gasteiger partial charge on any atom is 0.196 e. The third kappa shape index (κ3) is 3.19. The molecule has 2 aliphatic heterocycles. The van der Waals surface area contributed by atoms with Gasteiger partial charge in [0, 0.05) is 55.9 Å². The molecule has 6 heterocycles. The van der Waals surface area contributed by atoms with Gasteiger partial charge in [0.1, 0.15) is 11.5 Å². The van der Waals surface area contributed by atoms with E-state index in [1.807, 2.05) is 25.4 Å². The fourth-order valence-corrected chi connectivity index (χ4v) is 6.14. The van der Waals surface area contributed by atoms with E-state index in [2.05, 4.69) is 54.8 Å². The molecule has 4 aromatic heterocycles. The van der Waals surface area contributed by atoms with Crippen LogP contribution in [0.15, 0.2) is 58.8 Å². The Morgan fingerprint density at radius 1 is 1.03 bits per heavy atom. The average molecular weight is 469 g/mol. The van der Waals surface area contributed by atoms with Crippen molar-refractivity contribution in [3.8, 4) is 0 Å². The molecule has 5 aromatic rings. The molecule has 9 heteroatoms. The zero-order valence-corrected chi connectivity index (χ0v) is 19.6. The Kier molecular flexibility index (Phi) is 4.59. The predicted molar refractivity (Wildman–Crippen MR) is 137 cm³/mol. The molecule has 0 saturated carbocycles. The molecule has 3 N–H and O–H groups in total. The van der Waals surface area contributed by atoms with E-state index in [9.17, 15) is 0 Å². The van der Waals surface area contributed by atoms with E-state index in [1.54, 1.807) is 6.20 Å². The summed E-state index contributed by atoms with van der Waals surface area (Å²) >= 11 is 1.53. The Morgan fingerprint density at radius 3 is 2.76 bits per heavy atom. The molecule has 0 amide bonds. The van der Waals surface area contributed by atoms with Gasteiger partial charge in [0.25, 0.3) is 0 Å². The van der Waals surface area contributed by atoms with Crippen molar-refractivity contribution in [2.75, 3.05) is 43.4 Å². The second-order valence-electron chi connectivity index (χ2n) is 9.05. The summed E-state index contributed by atoms with van der Waals surface area (Å²) in [6.07, 6.45) is 3.67. The minimum absolute atomic E-state index is 0.676. The summed E-state index contributed by atoms with van der Waals surface area (Å²) in [5, 5.41) is 9.81. The Morgan fingerprint density at radius 2 is 1.91 bits per heavy atom. The van der Waals surface area contributed by atoms with Crippen LogP contribution in [0.1, 0.15) is 0 Å². The number of benzene rings is 1.